The number of pyridine rings is 2. The number of aliphatic hydroxyl groups is 1. The molecule has 1 saturated heterocycles. The van der Waals surface area contributed by atoms with Crippen LogP contribution in [0.5, 0.6) is 0 Å². The van der Waals surface area contributed by atoms with Crippen LogP contribution >= 0.6 is 11.8 Å². The van der Waals surface area contributed by atoms with Crippen molar-refractivity contribution in [2.75, 3.05) is 10.5 Å². The van der Waals surface area contributed by atoms with E-state index in [1.165, 1.54) is 0 Å². The Bertz CT molecular complexity index is 1800. The standard InChI is InChI=1S/C33H31N3O5S2/c1-22-28(21-42-30-12-2-3-17-34-30)40-33(41-32(22)25-15-13-23(20-37)14-16-25)26-8-4-10-27(19-26)36-43(38,39)29-11-5-7-24-9-6-18-35-31(24)29/h2-19,22,28,32-33,36-37H,20-21H2,1H3. The van der Waals surface area contributed by atoms with E-state index < -0.39 is 16.3 Å². The summed E-state index contributed by atoms with van der Waals surface area (Å²) in [6.45, 7) is 2.07. The van der Waals surface area contributed by atoms with Gasteiger partial charge in [-0.3, -0.25) is 9.71 Å². The Morgan fingerprint density at radius 2 is 1.65 bits per heavy atom. The first-order valence-corrected chi connectivity index (χ1v) is 16.4. The van der Waals surface area contributed by atoms with Crippen LogP contribution in [0.15, 0.2) is 119 Å². The van der Waals surface area contributed by atoms with Crippen LogP contribution in [-0.4, -0.2) is 35.3 Å². The van der Waals surface area contributed by atoms with E-state index in [0.29, 0.717) is 22.5 Å². The Hall–Kier alpha value is -3.80. The van der Waals surface area contributed by atoms with E-state index in [0.717, 1.165) is 21.5 Å². The average molecular weight is 614 g/mol. The summed E-state index contributed by atoms with van der Waals surface area (Å²) in [6.07, 6.45) is 2.14. The van der Waals surface area contributed by atoms with E-state index in [2.05, 4.69) is 21.6 Å². The van der Waals surface area contributed by atoms with Crippen LogP contribution < -0.4 is 4.72 Å². The quantitative estimate of drug-likeness (QED) is 0.181. The first-order chi connectivity index (χ1) is 20.9. The first kappa shape index (κ1) is 29.3. The fraction of sp³-hybridized carbons (Fsp3) is 0.212. The summed E-state index contributed by atoms with van der Waals surface area (Å²) in [5.41, 5.74) is 3.28. The number of benzene rings is 3. The Kier molecular flexibility index (Phi) is 8.73. The van der Waals surface area contributed by atoms with Crippen LogP contribution in [0.3, 0.4) is 0 Å². The molecule has 2 N–H and O–H groups in total. The number of para-hydroxylation sites is 1. The summed E-state index contributed by atoms with van der Waals surface area (Å²) in [5.74, 6) is 0.664. The molecule has 5 aromatic rings. The highest BCUT2D eigenvalue weighted by molar-refractivity contribution is 7.99. The zero-order valence-electron chi connectivity index (χ0n) is 23.4. The highest BCUT2D eigenvalue weighted by atomic mass is 32.2. The maximum atomic E-state index is 13.5. The molecule has 4 unspecified atom stereocenters. The number of nitrogens with one attached hydrogen (secondary N) is 1. The largest absolute Gasteiger partial charge is 0.392 e. The number of aromatic nitrogens is 2. The third-order valence-corrected chi connectivity index (χ3v) is 9.90. The number of anilines is 1. The Balaban J connectivity index is 1.28. The molecule has 1 fully saturated rings. The molecule has 0 spiro atoms. The molecule has 43 heavy (non-hydrogen) atoms. The number of nitrogens with zero attached hydrogens (tertiary/aromatic N) is 2. The molecular formula is C33H31N3O5S2. The van der Waals surface area contributed by atoms with Crippen molar-refractivity contribution in [3.05, 3.63) is 126 Å². The van der Waals surface area contributed by atoms with Crippen molar-refractivity contribution < 1.29 is 23.0 Å². The van der Waals surface area contributed by atoms with Gasteiger partial charge in [0.15, 0.2) is 6.29 Å². The zero-order valence-corrected chi connectivity index (χ0v) is 25.0. The van der Waals surface area contributed by atoms with E-state index in [-0.39, 0.29) is 29.6 Å². The lowest BCUT2D eigenvalue weighted by molar-refractivity contribution is -0.268. The molecular weight excluding hydrogens is 583 g/mol. The molecule has 2 aromatic heterocycles. The maximum absolute atomic E-state index is 13.5. The number of ether oxygens (including phenoxy) is 2. The molecule has 3 heterocycles. The smallest absolute Gasteiger partial charge is 0.264 e. The Morgan fingerprint density at radius 1 is 0.860 bits per heavy atom. The average Bonchev–Trinajstić information content (AvgIpc) is 3.04. The van der Waals surface area contributed by atoms with E-state index in [1.54, 1.807) is 60.6 Å². The topological polar surface area (TPSA) is 111 Å². The second-order valence-corrected chi connectivity index (χ2v) is 13.1. The predicted octanol–water partition coefficient (Wildman–Crippen LogP) is 6.51. The van der Waals surface area contributed by atoms with Crippen molar-refractivity contribution in [2.24, 2.45) is 5.92 Å². The molecule has 4 atom stereocenters. The Morgan fingerprint density at radius 3 is 2.44 bits per heavy atom. The van der Waals surface area contributed by atoms with Gasteiger partial charge in [0.2, 0.25) is 0 Å². The monoisotopic (exact) mass is 613 g/mol. The van der Waals surface area contributed by atoms with E-state index in [4.69, 9.17) is 9.47 Å². The van der Waals surface area contributed by atoms with Crippen molar-refractivity contribution in [1.82, 2.24) is 9.97 Å². The summed E-state index contributed by atoms with van der Waals surface area (Å²) >= 11 is 1.62. The zero-order chi connectivity index (χ0) is 29.8. The maximum Gasteiger partial charge on any atom is 0.264 e. The fourth-order valence-corrected chi connectivity index (χ4v) is 7.42. The number of rotatable bonds is 9. The lowest BCUT2D eigenvalue weighted by atomic mass is 9.91. The normalized spacial score (nSPS) is 20.6. The lowest BCUT2D eigenvalue weighted by Crippen LogP contribution is -2.38. The van der Waals surface area contributed by atoms with E-state index in [9.17, 15) is 13.5 Å². The molecule has 0 saturated carbocycles. The van der Waals surface area contributed by atoms with Gasteiger partial charge in [0.25, 0.3) is 10.0 Å². The predicted molar refractivity (Wildman–Crippen MR) is 167 cm³/mol. The van der Waals surface area contributed by atoms with Crippen LogP contribution in [0.1, 0.15) is 36.0 Å². The molecule has 220 valence electrons. The van der Waals surface area contributed by atoms with Crippen molar-refractivity contribution >= 4 is 38.4 Å². The lowest BCUT2D eigenvalue weighted by Gasteiger charge is -2.41. The fourth-order valence-electron chi connectivity index (χ4n) is 5.16. The SMILES string of the molecule is CC1C(CSc2ccccn2)OC(c2cccc(NS(=O)(=O)c3cccc4cccnc34)c2)OC1c1ccc(CO)cc1. The molecule has 0 bridgehead atoms. The van der Waals surface area contributed by atoms with Gasteiger partial charge in [-0.25, -0.2) is 13.4 Å². The minimum Gasteiger partial charge on any atom is -0.392 e. The summed E-state index contributed by atoms with van der Waals surface area (Å²) in [4.78, 5) is 8.84. The van der Waals surface area contributed by atoms with Crippen molar-refractivity contribution in [1.29, 1.82) is 0 Å². The molecule has 8 nitrogen and oxygen atoms in total. The molecule has 10 heteroatoms. The van der Waals surface area contributed by atoms with Crippen LogP contribution in [0.4, 0.5) is 5.69 Å². The summed E-state index contributed by atoms with van der Waals surface area (Å²) in [7, 11) is -3.93. The second kappa shape index (κ2) is 12.8. The third-order valence-electron chi connectivity index (χ3n) is 7.45. The third kappa shape index (κ3) is 6.58. The molecule has 1 aliphatic rings. The van der Waals surface area contributed by atoms with E-state index >= 15 is 0 Å². The van der Waals surface area contributed by atoms with Crippen LogP contribution in [0.2, 0.25) is 0 Å². The van der Waals surface area contributed by atoms with Gasteiger partial charge in [-0.15, -0.1) is 11.8 Å². The van der Waals surface area contributed by atoms with Crippen molar-refractivity contribution in [3.8, 4) is 0 Å². The van der Waals surface area contributed by atoms with Gasteiger partial charge in [-0.05, 0) is 47.5 Å². The van der Waals surface area contributed by atoms with Gasteiger partial charge < -0.3 is 14.6 Å². The van der Waals surface area contributed by atoms with Gasteiger partial charge in [-0.2, -0.15) is 0 Å². The number of hydrogen-bond donors (Lipinski definition) is 2. The van der Waals surface area contributed by atoms with Crippen LogP contribution in [0.25, 0.3) is 10.9 Å². The molecule has 3 aromatic carbocycles. The minimum absolute atomic E-state index is 0.00739. The number of hydrogen-bond acceptors (Lipinski definition) is 8. The highest BCUT2D eigenvalue weighted by Crippen LogP contribution is 2.43. The van der Waals surface area contributed by atoms with Gasteiger partial charge in [-0.1, -0.05) is 67.6 Å². The number of sulfonamides is 1. The molecule has 0 radical (unpaired) electrons. The number of thioether (sulfide) groups is 1. The second-order valence-electron chi connectivity index (χ2n) is 10.4. The van der Waals surface area contributed by atoms with Crippen LogP contribution in [0, 0.1) is 5.92 Å². The molecule has 0 aliphatic carbocycles. The van der Waals surface area contributed by atoms with Gasteiger partial charge in [0.1, 0.15) is 4.90 Å². The minimum atomic E-state index is -3.93. The van der Waals surface area contributed by atoms with Gasteiger partial charge >= 0.3 is 0 Å². The van der Waals surface area contributed by atoms with E-state index in [1.807, 2.05) is 60.7 Å². The van der Waals surface area contributed by atoms with Gasteiger partial charge in [0, 0.05) is 40.7 Å². The van der Waals surface area contributed by atoms with Crippen LogP contribution in [-0.2, 0) is 26.1 Å². The first-order valence-electron chi connectivity index (χ1n) is 13.9. The molecule has 6 rings (SSSR count). The summed E-state index contributed by atoms with van der Waals surface area (Å²) in [6, 6.07) is 29.3. The molecule has 1 aliphatic heterocycles. The highest BCUT2D eigenvalue weighted by Gasteiger charge is 2.38. The van der Waals surface area contributed by atoms with Crippen molar-refractivity contribution in [2.45, 2.75) is 42.0 Å². The van der Waals surface area contributed by atoms with Crippen molar-refractivity contribution in [3.63, 3.8) is 0 Å². The van der Waals surface area contributed by atoms with Gasteiger partial charge in [0.05, 0.1) is 29.4 Å². The number of aliphatic hydroxyl groups excluding tert-OH is 1. The Labute approximate surface area is 255 Å². The number of fused-ring (bicyclic) bond motifs is 1. The molecule has 0 amide bonds. The summed E-state index contributed by atoms with van der Waals surface area (Å²) < 4.78 is 42.7. The summed E-state index contributed by atoms with van der Waals surface area (Å²) in [5, 5.41) is 11.2.